The summed E-state index contributed by atoms with van der Waals surface area (Å²) in [4.78, 5) is 16.3. The van der Waals surface area contributed by atoms with Gasteiger partial charge >= 0.3 is 0 Å². The molecule has 2 aromatic rings. The molecule has 3 aliphatic rings. The zero-order valence-electron chi connectivity index (χ0n) is 15.9. The Labute approximate surface area is 159 Å². The lowest BCUT2D eigenvalue weighted by Gasteiger charge is -2.56. The first kappa shape index (κ1) is 17.8. The van der Waals surface area contributed by atoms with Crippen molar-refractivity contribution in [2.24, 2.45) is 5.92 Å². The van der Waals surface area contributed by atoms with Crippen LogP contribution >= 0.6 is 11.3 Å². The van der Waals surface area contributed by atoms with Gasteiger partial charge in [0.25, 0.3) is 5.91 Å². The highest BCUT2D eigenvalue weighted by Crippen LogP contribution is 2.39. The molecule has 3 saturated heterocycles. The third-order valence-electron chi connectivity index (χ3n) is 6.07. The number of thiophene rings is 1. The second-order valence-electron chi connectivity index (χ2n) is 8.06. The Kier molecular flexibility index (Phi) is 4.70. The van der Waals surface area contributed by atoms with Crippen LogP contribution in [-0.2, 0) is 0 Å². The molecule has 2 bridgehead atoms. The molecule has 5 rings (SSSR count). The molecule has 1 N–H and O–H groups in total. The van der Waals surface area contributed by atoms with Crippen molar-refractivity contribution in [3.63, 3.8) is 0 Å². The van der Waals surface area contributed by atoms with Crippen molar-refractivity contribution >= 4 is 27.3 Å². The molecule has 4 heterocycles. The number of fused-ring (bicyclic) bond motifs is 4. The number of hydrogen-bond acceptors (Lipinski definition) is 4. The Morgan fingerprint density at radius 3 is 2.81 bits per heavy atom. The quantitative estimate of drug-likeness (QED) is 0.851. The molecule has 1 amide bonds. The van der Waals surface area contributed by atoms with Crippen LogP contribution in [0.15, 0.2) is 24.3 Å². The van der Waals surface area contributed by atoms with Crippen molar-refractivity contribution in [3.05, 3.63) is 29.1 Å². The van der Waals surface area contributed by atoms with E-state index in [2.05, 4.69) is 37.1 Å². The third-order valence-corrected chi connectivity index (χ3v) is 7.23. The Balaban J connectivity index is 1.57. The van der Waals surface area contributed by atoms with Gasteiger partial charge in [0.2, 0.25) is 0 Å². The minimum absolute atomic E-state index is 0.0307. The topological polar surface area (TPSA) is 41.6 Å². The zero-order valence-corrected chi connectivity index (χ0v) is 16.7. The van der Waals surface area contributed by atoms with E-state index in [0.717, 1.165) is 40.2 Å². The predicted octanol–water partition coefficient (Wildman–Crippen LogP) is 4.29. The van der Waals surface area contributed by atoms with Gasteiger partial charge in [0.1, 0.15) is 5.75 Å². The van der Waals surface area contributed by atoms with Crippen molar-refractivity contribution in [3.8, 4) is 5.75 Å². The maximum atomic E-state index is 13.0. The van der Waals surface area contributed by atoms with E-state index in [9.17, 15) is 4.79 Å². The average Bonchev–Trinajstić information content (AvgIpc) is 3.08. The highest BCUT2D eigenvalue weighted by molar-refractivity contribution is 7.21. The van der Waals surface area contributed by atoms with Crippen molar-refractivity contribution < 1.29 is 9.53 Å². The van der Waals surface area contributed by atoms with Crippen LogP contribution in [0.1, 0.15) is 49.7 Å². The molecule has 0 spiro atoms. The first-order valence-corrected chi connectivity index (χ1v) is 10.5. The van der Waals surface area contributed by atoms with Crippen LogP contribution in [0.5, 0.6) is 5.75 Å². The van der Waals surface area contributed by atoms with Gasteiger partial charge in [0, 0.05) is 11.6 Å². The van der Waals surface area contributed by atoms with E-state index in [1.54, 1.807) is 11.3 Å². The molecule has 140 valence electrons. The van der Waals surface area contributed by atoms with Crippen molar-refractivity contribution in [1.82, 2.24) is 10.2 Å². The van der Waals surface area contributed by atoms with Gasteiger partial charge in [-0.3, -0.25) is 9.69 Å². The van der Waals surface area contributed by atoms with Crippen molar-refractivity contribution in [2.45, 2.75) is 51.6 Å². The van der Waals surface area contributed by atoms with Crippen LogP contribution < -0.4 is 10.1 Å². The summed E-state index contributed by atoms with van der Waals surface area (Å²) in [6.45, 7) is 9.65. The standard InChI is InChI=1S/C21H28N2O2S/c1-4-12-25-16-7-5-6-15-13-17(26-18(15)16)20(24)22-19-14-8-10-23(11-9-14)21(19,2)3/h5-7,13-14,19H,4,8-12H2,1-3H3,(H,22,24)/t19-/m0/s1. The van der Waals surface area contributed by atoms with E-state index >= 15 is 0 Å². The number of carbonyl (C=O) groups excluding carboxylic acids is 1. The second-order valence-corrected chi connectivity index (χ2v) is 9.12. The number of benzene rings is 1. The van der Waals surface area contributed by atoms with Gasteiger partial charge in [-0.2, -0.15) is 0 Å². The normalized spacial score (nSPS) is 26.8. The molecule has 0 radical (unpaired) electrons. The summed E-state index contributed by atoms with van der Waals surface area (Å²) in [5, 5.41) is 4.45. The molecule has 0 aliphatic carbocycles. The molecular formula is C21H28N2O2S. The third kappa shape index (κ3) is 3.01. The van der Waals surface area contributed by atoms with Gasteiger partial charge in [0.15, 0.2) is 0 Å². The number of amides is 1. The Morgan fingerprint density at radius 1 is 1.35 bits per heavy atom. The maximum Gasteiger partial charge on any atom is 0.261 e. The first-order chi connectivity index (χ1) is 12.5. The molecule has 0 saturated carbocycles. The highest BCUT2D eigenvalue weighted by Gasteiger charge is 2.48. The lowest BCUT2D eigenvalue weighted by molar-refractivity contribution is -0.0377. The number of piperidine rings is 3. The van der Waals surface area contributed by atoms with Crippen LogP contribution in [0.2, 0.25) is 0 Å². The molecule has 5 heteroatoms. The van der Waals surface area contributed by atoms with E-state index in [1.807, 2.05) is 18.2 Å². The van der Waals surface area contributed by atoms with Crippen LogP contribution in [0.3, 0.4) is 0 Å². The van der Waals surface area contributed by atoms with E-state index in [1.165, 1.54) is 12.8 Å². The lowest BCUT2D eigenvalue weighted by Crippen LogP contribution is -2.69. The summed E-state index contributed by atoms with van der Waals surface area (Å²) in [6, 6.07) is 8.27. The summed E-state index contributed by atoms with van der Waals surface area (Å²) in [6.07, 6.45) is 3.36. The molecular weight excluding hydrogens is 344 g/mol. The van der Waals surface area contributed by atoms with E-state index in [4.69, 9.17) is 4.74 Å². The fourth-order valence-electron chi connectivity index (χ4n) is 4.56. The summed E-state index contributed by atoms with van der Waals surface area (Å²) in [7, 11) is 0. The smallest absolute Gasteiger partial charge is 0.261 e. The lowest BCUT2D eigenvalue weighted by atomic mass is 9.72. The number of carbonyl (C=O) groups is 1. The Morgan fingerprint density at radius 2 is 2.12 bits per heavy atom. The summed E-state index contributed by atoms with van der Waals surface area (Å²) >= 11 is 1.54. The molecule has 1 aromatic carbocycles. The van der Waals surface area contributed by atoms with Gasteiger partial charge in [-0.05, 0) is 69.6 Å². The zero-order chi connectivity index (χ0) is 18.3. The second kappa shape index (κ2) is 6.86. The highest BCUT2D eigenvalue weighted by atomic mass is 32.1. The number of nitrogens with one attached hydrogen (secondary N) is 1. The SMILES string of the molecule is CCCOc1cccc2cc(C(=O)N[C@H]3C4CCN(CC4)C3(C)C)sc12. The minimum Gasteiger partial charge on any atom is -0.492 e. The van der Waals surface area contributed by atoms with Gasteiger partial charge in [-0.15, -0.1) is 11.3 Å². The molecule has 3 aliphatic heterocycles. The summed E-state index contributed by atoms with van der Waals surface area (Å²) in [5.74, 6) is 1.54. The van der Waals surface area contributed by atoms with E-state index in [-0.39, 0.29) is 17.5 Å². The van der Waals surface area contributed by atoms with Gasteiger partial charge in [0.05, 0.1) is 16.2 Å². The molecule has 0 unspecified atom stereocenters. The first-order valence-electron chi connectivity index (χ1n) is 9.72. The Bertz CT molecular complexity index is 805. The number of hydrogen-bond donors (Lipinski definition) is 1. The number of nitrogens with zero attached hydrogens (tertiary/aromatic N) is 1. The molecule has 1 atom stereocenters. The maximum absolute atomic E-state index is 13.0. The minimum atomic E-state index is 0.0307. The predicted molar refractivity (Wildman–Crippen MR) is 107 cm³/mol. The van der Waals surface area contributed by atoms with Crippen LogP contribution in [0.4, 0.5) is 0 Å². The molecule has 1 aromatic heterocycles. The van der Waals surface area contributed by atoms with E-state index in [0.29, 0.717) is 12.5 Å². The van der Waals surface area contributed by atoms with Gasteiger partial charge in [-0.25, -0.2) is 0 Å². The van der Waals surface area contributed by atoms with Crippen molar-refractivity contribution in [2.75, 3.05) is 19.7 Å². The Hall–Kier alpha value is -1.59. The molecule has 3 fully saturated rings. The fourth-order valence-corrected chi connectivity index (χ4v) is 5.59. The monoisotopic (exact) mass is 372 g/mol. The van der Waals surface area contributed by atoms with Crippen LogP contribution in [-0.4, -0.2) is 42.1 Å². The number of rotatable bonds is 5. The van der Waals surface area contributed by atoms with Gasteiger partial charge in [-0.1, -0.05) is 19.1 Å². The average molecular weight is 373 g/mol. The fraction of sp³-hybridized carbons (Fsp3) is 0.571. The summed E-state index contributed by atoms with van der Waals surface area (Å²) in [5.41, 5.74) is 0.0307. The molecule has 4 nitrogen and oxygen atoms in total. The van der Waals surface area contributed by atoms with E-state index < -0.39 is 0 Å². The van der Waals surface area contributed by atoms with Crippen LogP contribution in [0, 0.1) is 5.92 Å². The van der Waals surface area contributed by atoms with Crippen LogP contribution in [0.25, 0.3) is 10.1 Å². The van der Waals surface area contributed by atoms with Crippen molar-refractivity contribution in [1.29, 1.82) is 0 Å². The largest absolute Gasteiger partial charge is 0.492 e. The number of ether oxygens (including phenoxy) is 1. The van der Waals surface area contributed by atoms with Gasteiger partial charge < -0.3 is 10.1 Å². The summed E-state index contributed by atoms with van der Waals surface area (Å²) < 4.78 is 6.93. The molecule has 26 heavy (non-hydrogen) atoms.